The van der Waals surface area contributed by atoms with E-state index in [0.29, 0.717) is 5.56 Å². The smallest absolute Gasteiger partial charge is 0.387 e. The lowest BCUT2D eigenvalue weighted by atomic mass is 9.91. The molecular formula is C14H11F3N2O2. The molecular weight excluding hydrogens is 285 g/mol. The van der Waals surface area contributed by atoms with Crippen molar-refractivity contribution < 1.29 is 18.0 Å². The van der Waals surface area contributed by atoms with E-state index in [0.717, 1.165) is 6.08 Å². The van der Waals surface area contributed by atoms with Gasteiger partial charge in [0.25, 0.3) is 0 Å². The fourth-order valence-electron chi connectivity index (χ4n) is 2.25. The van der Waals surface area contributed by atoms with Crippen molar-refractivity contribution in [1.29, 1.82) is 0 Å². The van der Waals surface area contributed by atoms with Crippen LogP contribution in [0.2, 0.25) is 0 Å². The number of hydrogen-bond donors (Lipinski definition) is 1. The summed E-state index contributed by atoms with van der Waals surface area (Å²) in [7, 11) is 0. The van der Waals surface area contributed by atoms with Crippen LogP contribution in [0.1, 0.15) is 21.5 Å². The van der Waals surface area contributed by atoms with Gasteiger partial charge < -0.3 is 5.32 Å². The van der Waals surface area contributed by atoms with Crippen LogP contribution >= 0.6 is 0 Å². The molecule has 0 atom stereocenters. The molecule has 1 N–H and O–H groups in total. The molecule has 0 bridgehead atoms. The topological polar surface area (TPSA) is 58.5 Å². The van der Waals surface area contributed by atoms with Gasteiger partial charge in [0, 0.05) is 17.3 Å². The Balaban J connectivity index is 2.65. The number of nitroso groups, excluding NO2 is 1. The molecule has 110 valence electrons. The zero-order valence-corrected chi connectivity index (χ0v) is 11.0. The first-order valence-electron chi connectivity index (χ1n) is 6.04. The average molecular weight is 296 g/mol. The van der Waals surface area contributed by atoms with Crippen molar-refractivity contribution in [3.05, 3.63) is 57.6 Å². The van der Waals surface area contributed by atoms with Crippen LogP contribution in [0.15, 0.2) is 41.2 Å². The Morgan fingerprint density at radius 2 is 2.05 bits per heavy atom. The third-order valence-electron chi connectivity index (χ3n) is 3.25. The first-order chi connectivity index (χ1) is 9.86. The number of alkyl halides is 3. The number of rotatable bonds is 2. The van der Waals surface area contributed by atoms with Crippen LogP contribution in [-0.4, -0.2) is 18.6 Å². The number of nitrogens with zero attached hydrogens (tertiary/aromatic N) is 1. The highest BCUT2D eigenvalue weighted by molar-refractivity contribution is 5.97. The molecule has 0 spiro atoms. The summed E-state index contributed by atoms with van der Waals surface area (Å²) in [6, 6.07) is 4.28. The maximum Gasteiger partial charge on any atom is 0.416 e. The fraction of sp³-hybridized carbons (Fsp3) is 0.214. The number of carbonyl (C=O) groups excluding carboxylic acids is 1. The maximum atomic E-state index is 13.1. The second kappa shape index (κ2) is 5.51. The molecule has 0 saturated heterocycles. The summed E-state index contributed by atoms with van der Waals surface area (Å²) in [4.78, 5) is 21.8. The molecule has 7 heteroatoms. The van der Waals surface area contributed by atoms with Gasteiger partial charge in [-0.05, 0) is 42.0 Å². The minimum atomic E-state index is -4.50. The molecule has 0 unspecified atom stereocenters. The summed E-state index contributed by atoms with van der Waals surface area (Å²) >= 11 is 0. The summed E-state index contributed by atoms with van der Waals surface area (Å²) < 4.78 is 39.2. The van der Waals surface area contributed by atoms with Crippen molar-refractivity contribution >= 4 is 11.5 Å². The summed E-state index contributed by atoms with van der Waals surface area (Å²) in [5.41, 5.74) is -0.160. The van der Waals surface area contributed by atoms with E-state index in [4.69, 9.17) is 0 Å². The molecule has 0 radical (unpaired) electrons. The number of carbonyl (C=O) groups is 1. The fourth-order valence-corrected chi connectivity index (χ4v) is 2.25. The third-order valence-corrected chi connectivity index (χ3v) is 3.25. The Hall–Kier alpha value is -2.44. The van der Waals surface area contributed by atoms with Crippen LogP contribution < -0.4 is 5.32 Å². The molecule has 2 rings (SSSR count). The lowest BCUT2D eigenvalue weighted by molar-refractivity contribution is -0.0879. The normalized spacial score (nSPS) is 14.9. The van der Waals surface area contributed by atoms with Crippen LogP contribution in [0.3, 0.4) is 0 Å². The molecule has 0 fully saturated rings. The van der Waals surface area contributed by atoms with Gasteiger partial charge in [-0.25, -0.2) is 0 Å². The van der Waals surface area contributed by atoms with Crippen molar-refractivity contribution in [2.45, 2.75) is 13.1 Å². The van der Waals surface area contributed by atoms with Crippen molar-refractivity contribution in [2.75, 3.05) is 6.54 Å². The lowest BCUT2D eigenvalue weighted by Gasteiger charge is -2.21. The van der Waals surface area contributed by atoms with Crippen molar-refractivity contribution in [3.8, 4) is 0 Å². The zero-order chi connectivity index (χ0) is 15.6. The Labute approximate surface area is 118 Å². The van der Waals surface area contributed by atoms with E-state index in [1.165, 1.54) is 31.3 Å². The Kier molecular flexibility index (Phi) is 3.93. The van der Waals surface area contributed by atoms with E-state index in [1.54, 1.807) is 0 Å². The predicted octanol–water partition coefficient (Wildman–Crippen LogP) is 3.33. The number of amides is 1. The average Bonchev–Trinajstić information content (AvgIpc) is 2.46. The van der Waals surface area contributed by atoms with Crippen LogP contribution in [-0.2, 0) is 0 Å². The minimum Gasteiger partial charge on any atom is -0.387 e. The SMILES string of the molecule is Cc1c(C(=O)N=O)cccc1C1=C(C(F)(F)F)C=CNC1. The van der Waals surface area contributed by atoms with Crippen molar-refractivity contribution in [1.82, 2.24) is 5.32 Å². The molecule has 1 aliphatic heterocycles. The van der Waals surface area contributed by atoms with E-state index < -0.39 is 17.7 Å². The van der Waals surface area contributed by atoms with E-state index in [-0.39, 0.29) is 23.2 Å². The van der Waals surface area contributed by atoms with Gasteiger partial charge in [0.2, 0.25) is 0 Å². The second-order valence-electron chi connectivity index (χ2n) is 4.48. The Bertz CT molecular complexity index is 661. The number of benzene rings is 1. The number of hydrogen-bond acceptors (Lipinski definition) is 3. The first kappa shape index (κ1) is 15.0. The molecule has 4 nitrogen and oxygen atoms in total. The van der Waals surface area contributed by atoms with Gasteiger partial charge in [-0.15, -0.1) is 4.91 Å². The van der Waals surface area contributed by atoms with Gasteiger partial charge in [0.05, 0.1) is 5.57 Å². The Morgan fingerprint density at radius 3 is 2.67 bits per heavy atom. The van der Waals surface area contributed by atoms with Crippen LogP contribution in [0.4, 0.5) is 13.2 Å². The molecule has 1 heterocycles. The lowest BCUT2D eigenvalue weighted by Crippen LogP contribution is -2.22. The Morgan fingerprint density at radius 1 is 1.33 bits per heavy atom. The number of allylic oxidation sites excluding steroid dienone is 2. The van der Waals surface area contributed by atoms with E-state index in [2.05, 4.69) is 10.5 Å². The highest BCUT2D eigenvalue weighted by Crippen LogP contribution is 2.36. The van der Waals surface area contributed by atoms with Gasteiger partial charge in [0.15, 0.2) is 0 Å². The zero-order valence-electron chi connectivity index (χ0n) is 11.0. The quantitative estimate of drug-likeness (QED) is 0.852. The number of nitrogens with one attached hydrogen (secondary N) is 1. The van der Waals surface area contributed by atoms with Crippen LogP contribution in [0.5, 0.6) is 0 Å². The molecule has 0 aliphatic carbocycles. The van der Waals surface area contributed by atoms with E-state index in [1.807, 2.05) is 0 Å². The van der Waals surface area contributed by atoms with Crippen molar-refractivity contribution in [2.24, 2.45) is 5.18 Å². The third kappa shape index (κ3) is 2.86. The summed E-state index contributed by atoms with van der Waals surface area (Å²) in [6.45, 7) is 1.48. The monoisotopic (exact) mass is 296 g/mol. The van der Waals surface area contributed by atoms with Crippen LogP contribution in [0, 0.1) is 11.8 Å². The predicted molar refractivity (Wildman–Crippen MR) is 71.4 cm³/mol. The molecule has 0 saturated carbocycles. The van der Waals surface area contributed by atoms with Gasteiger partial charge >= 0.3 is 12.1 Å². The summed E-state index contributed by atoms with van der Waals surface area (Å²) in [5.74, 6) is -0.997. The molecule has 1 aromatic rings. The maximum absolute atomic E-state index is 13.1. The van der Waals surface area contributed by atoms with Gasteiger partial charge in [0.1, 0.15) is 0 Å². The molecule has 21 heavy (non-hydrogen) atoms. The number of halogens is 3. The van der Waals surface area contributed by atoms with Crippen LogP contribution in [0.25, 0.3) is 5.57 Å². The summed E-state index contributed by atoms with van der Waals surface area (Å²) in [5, 5.41) is 5.03. The van der Waals surface area contributed by atoms with Gasteiger partial charge in [-0.2, -0.15) is 13.2 Å². The van der Waals surface area contributed by atoms with Gasteiger partial charge in [-0.3, -0.25) is 4.79 Å². The summed E-state index contributed by atoms with van der Waals surface area (Å²) in [6.07, 6.45) is -2.32. The largest absolute Gasteiger partial charge is 0.416 e. The molecule has 0 aromatic heterocycles. The van der Waals surface area contributed by atoms with E-state index in [9.17, 15) is 22.9 Å². The standard InChI is InChI=1S/C14H11F3N2O2/c1-8-9(3-2-4-10(8)13(20)19-21)11-7-18-6-5-12(11)14(15,16)17/h2-6,18H,7H2,1H3. The highest BCUT2D eigenvalue weighted by Gasteiger charge is 2.36. The molecule has 1 aromatic carbocycles. The highest BCUT2D eigenvalue weighted by atomic mass is 19.4. The molecule has 1 amide bonds. The van der Waals surface area contributed by atoms with Gasteiger partial charge in [-0.1, -0.05) is 12.1 Å². The van der Waals surface area contributed by atoms with Crippen molar-refractivity contribution in [3.63, 3.8) is 0 Å². The van der Waals surface area contributed by atoms with E-state index >= 15 is 0 Å². The first-order valence-corrected chi connectivity index (χ1v) is 6.04. The molecule has 1 aliphatic rings. The number of dihydropyridines is 1. The second-order valence-corrected chi connectivity index (χ2v) is 4.48. The minimum absolute atomic E-state index is 0.00563.